The number of hydrogen-bond acceptors (Lipinski definition) is 4. The fraction of sp³-hybridized carbons (Fsp3) is 0.333. The Bertz CT molecular complexity index is 1830. The number of rotatable bonds is 7. The molecule has 6 rings (SSSR count). The van der Waals surface area contributed by atoms with Gasteiger partial charge in [0.15, 0.2) is 0 Å². The summed E-state index contributed by atoms with van der Waals surface area (Å²) in [5.41, 5.74) is 11.0. The van der Waals surface area contributed by atoms with Crippen molar-refractivity contribution in [1.82, 2.24) is 9.97 Å². The smallest absolute Gasteiger partial charge is 0.109 e. The summed E-state index contributed by atoms with van der Waals surface area (Å²) < 4.78 is 1.39. The Morgan fingerprint density at radius 1 is 1.00 bits per heavy atom. The number of H-pyrrole nitrogens is 1. The third-order valence-corrected chi connectivity index (χ3v) is 10.0. The molecule has 0 spiro atoms. The van der Waals surface area contributed by atoms with E-state index in [2.05, 4.69) is 102 Å². The predicted molar refractivity (Wildman–Crippen MR) is 180 cm³/mol. The highest BCUT2D eigenvalue weighted by Crippen LogP contribution is 2.45. The van der Waals surface area contributed by atoms with Crippen molar-refractivity contribution in [3.8, 4) is 21.7 Å². The number of nitrogens with zero attached hydrogens (tertiary/aromatic N) is 2. The first-order valence-corrected chi connectivity index (χ1v) is 15.6. The van der Waals surface area contributed by atoms with Crippen LogP contribution in [0.15, 0.2) is 54.0 Å². The third-order valence-electron chi connectivity index (χ3n) is 8.76. The van der Waals surface area contributed by atoms with Crippen LogP contribution in [0.5, 0.6) is 0 Å². The lowest BCUT2D eigenvalue weighted by Gasteiger charge is -2.24. The summed E-state index contributed by atoms with van der Waals surface area (Å²) in [4.78, 5) is 14.7. The molecule has 0 radical (unpaired) electrons. The van der Waals surface area contributed by atoms with Crippen molar-refractivity contribution in [2.24, 2.45) is 10.9 Å². The molecule has 5 aromatic rings. The molecule has 1 aliphatic rings. The molecule has 0 saturated heterocycles. The summed E-state index contributed by atoms with van der Waals surface area (Å²) in [6.07, 6.45) is 5.60. The maximum absolute atomic E-state index is 5.01. The summed E-state index contributed by atoms with van der Waals surface area (Å²) in [5.74, 6) is 2.00. The van der Waals surface area contributed by atoms with E-state index in [4.69, 9.17) is 9.98 Å². The van der Waals surface area contributed by atoms with Crippen LogP contribution in [0.25, 0.3) is 42.6 Å². The number of imidazole rings is 1. The quantitative estimate of drug-likeness (QED) is 0.195. The van der Waals surface area contributed by atoms with E-state index in [1.165, 1.54) is 64.9 Å². The number of aromatic amines is 1. The highest BCUT2D eigenvalue weighted by atomic mass is 32.1. The summed E-state index contributed by atoms with van der Waals surface area (Å²) in [5, 5.41) is 7.63. The van der Waals surface area contributed by atoms with Gasteiger partial charge in [0.1, 0.15) is 5.82 Å². The number of fused-ring (bicyclic) bond motifs is 6. The first-order chi connectivity index (χ1) is 19.7. The molecule has 1 atom stereocenters. The first kappa shape index (κ1) is 27.5. The van der Waals surface area contributed by atoms with Gasteiger partial charge in [-0.2, -0.15) is 0 Å². The molecule has 41 heavy (non-hydrogen) atoms. The molecule has 0 saturated carbocycles. The summed E-state index contributed by atoms with van der Waals surface area (Å²) >= 11 is 1.91. The van der Waals surface area contributed by atoms with Crippen molar-refractivity contribution in [3.63, 3.8) is 0 Å². The minimum Gasteiger partial charge on any atom is -0.382 e. The Kier molecular flexibility index (Phi) is 7.11. The molecule has 2 heterocycles. The van der Waals surface area contributed by atoms with Crippen LogP contribution in [0, 0.1) is 19.8 Å². The zero-order valence-electron chi connectivity index (χ0n) is 25.3. The van der Waals surface area contributed by atoms with Gasteiger partial charge in [-0.25, -0.2) is 4.98 Å². The van der Waals surface area contributed by atoms with E-state index in [-0.39, 0.29) is 0 Å². The van der Waals surface area contributed by atoms with Gasteiger partial charge in [0.05, 0.1) is 11.4 Å². The average Bonchev–Trinajstić information content (AvgIpc) is 3.60. The molecule has 210 valence electrons. The standard InChI is InChI=1S/C36H40N4S/c1-9-16-37-32-21(6)29-17-24(10-12-27(29)33(22(32)7)38-23(8)19(2)3)31-18-25-11-13-26-28(35(25)41-31)14-15-30-34(26)40-36(39-30)20(4)5/h9-13,16-20,23,38H,1,14-15H2,2-8H3,(H,39,40). The Labute approximate surface area is 247 Å². The normalized spacial score (nSPS) is 13.9. The molecular formula is C36H40N4S. The zero-order chi connectivity index (χ0) is 29.0. The van der Waals surface area contributed by atoms with Gasteiger partial charge in [-0.3, -0.25) is 4.99 Å². The van der Waals surface area contributed by atoms with Crippen LogP contribution in [-0.4, -0.2) is 22.2 Å². The van der Waals surface area contributed by atoms with Gasteiger partial charge < -0.3 is 10.3 Å². The summed E-state index contributed by atoms with van der Waals surface area (Å²) in [7, 11) is 0. The number of allylic oxidation sites excluding steroid dienone is 1. The van der Waals surface area contributed by atoms with E-state index >= 15 is 0 Å². The molecule has 2 aromatic heterocycles. The zero-order valence-corrected chi connectivity index (χ0v) is 26.1. The highest BCUT2D eigenvalue weighted by Gasteiger charge is 2.24. The SMILES string of the molecule is C=CC=Nc1c(C)c(NC(C)C(C)C)c2ccc(-c3cc4ccc5c(c4s3)CCc3[nH]c(C(C)C)nc3-5)cc2c1C. The van der Waals surface area contributed by atoms with Crippen molar-refractivity contribution < 1.29 is 0 Å². The molecule has 0 aliphatic heterocycles. The Morgan fingerprint density at radius 2 is 1.80 bits per heavy atom. The van der Waals surface area contributed by atoms with Crippen molar-refractivity contribution >= 4 is 49.8 Å². The highest BCUT2D eigenvalue weighted by molar-refractivity contribution is 7.22. The number of anilines is 1. The molecular weight excluding hydrogens is 520 g/mol. The number of aryl methyl sites for hydroxylation is 3. The number of hydrogen-bond donors (Lipinski definition) is 2. The largest absolute Gasteiger partial charge is 0.382 e. The first-order valence-electron chi connectivity index (χ1n) is 14.8. The van der Waals surface area contributed by atoms with E-state index < -0.39 is 0 Å². The minimum absolute atomic E-state index is 0.343. The number of aromatic nitrogens is 2. The van der Waals surface area contributed by atoms with Gasteiger partial charge in [0.25, 0.3) is 0 Å². The van der Waals surface area contributed by atoms with Gasteiger partial charge in [0.2, 0.25) is 0 Å². The van der Waals surface area contributed by atoms with Crippen molar-refractivity contribution in [3.05, 3.63) is 77.3 Å². The molecule has 0 amide bonds. The second-order valence-electron chi connectivity index (χ2n) is 12.1. The molecule has 0 bridgehead atoms. The molecule has 1 unspecified atom stereocenters. The van der Waals surface area contributed by atoms with Gasteiger partial charge in [-0.1, -0.05) is 64.6 Å². The molecule has 4 nitrogen and oxygen atoms in total. The van der Waals surface area contributed by atoms with Crippen LogP contribution in [0.1, 0.15) is 68.7 Å². The second-order valence-corrected chi connectivity index (χ2v) is 13.2. The Morgan fingerprint density at radius 3 is 2.54 bits per heavy atom. The number of thiophene rings is 1. The lowest BCUT2D eigenvalue weighted by molar-refractivity contribution is 0.560. The molecule has 3 aromatic carbocycles. The van der Waals surface area contributed by atoms with Crippen molar-refractivity contribution in [2.75, 3.05) is 5.32 Å². The maximum atomic E-state index is 5.01. The van der Waals surface area contributed by atoms with Gasteiger partial charge >= 0.3 is 0 Å². The average molecular weight is 561 g/mol. The van der Waals surface area contributed by atoms with Gasteiger partial charge in [-0.05, 0) is 84.7 Å². The van der Waals surface area contributed by atoms with E-state index in [0.717, 1.165) is 30.0 Å². The van der Waals surface area contributed by atoms with Crippen LogP contribution < -0.4 is 5.32 Å². The van der Waals surface area contributed by atoms with E-state index in [1.54, 1.807) is 12.3 Å². The van der Waals surface area contributed by atoms with E-state index in [1.807, 2.05) is 11.3 Å². The van der Waals surface area contributed by atoms with Gasteiger partial charge in [-0.15, -0.1) is 11.3 Å². The number of aliphatic imine (C=N–C) groups is 1. The van der Waals surface area contributed by atoms with Crippen LogP contribution in [-0.2, 0) is 12.8 Å². The number of nitrogens with one attached hydrogen (secondary N) is 2. The molecule has 5 heteroatoms. The van der Waals surface area contributed by atoms with Crippen LogP contribution in [0.4, 0.5) is 11.4 Å². The monoisotopic (exact) mass is 560 g/mol. The van der Waals surface area contributed by atoms with Crippen LogP contribution in [0.3, 0.4) is 0 Å². The lowest BCUT2D eigenvalue weighted by Crippen LogP contribution is -2.22. The fourth-order valence-corrected chi connectivity index (χ4v) is 7.22. The second kappa shape index (κ2) is 10.6. The van der Waals surface area contributed by atoms with Crippen molar-refractivity contribution in [1.29, 1.82) is 0 Å². The fourth-order valence-electron chi connectivity index (χ4n) is 5.99. The van der Waals surface area contributed by atoms with E-state index in [0.29, 0.717) is 17.9 Å². The minimum atomic E-state index is 0.343. The summed E-state index contributed by atoms with van der Waals surface area (Å²) in [6, 6.07) is 14.2. The lowest BCUT2D eigenvalue weighted by atomic mass is 9.91. The molecule has 2 N–H and O–H groups in total. The molecule has 0 fully saturated rings. The third kappa shape index (κ3) is 4.70. The number of benzene rings is 3. The topological polar surface area (TPSA) is 53.1 Å². The van der Waals surface area contributed by atoms with Crippen LogP contribution in [0.2, 0.25) is 0 Å². The molecule has 1 aliphatic carbocycles. The van der Waals surface area contributed by atoms with E-state index in [9.17, 15) is 0 Å². The van der Waals surface area contributed by atoms with Crippen LogP contribution >= 0.6 is 11.3 Å². The van der Waals surface area contributed by atoms with Crippen molar-refractivity contribution in [2.45, 2.75) is 73.3 Å². The Balaban J connectivity index is 1.49. The predicted octanol–water partition coefficient (Wildman–Crippen LogP) is 10.3. The summed E-state index contributed by atoms with van der Waals surface area (Å²) in [6.45, 7) is 19.4. The van der Waals surface area contributed by atoms with Gasteiger partial charge in [0, 0.05) is 50.1 Å². The Hall–Kier alpha value is -3.70. The maximum Gasteiger partial charge on any atom is 0.109 e.